The molecule has 0 aliphatic carbocycles. The second-order valence-corrected chi connectivity index (χ2v) is 6.40. The van der Waals surface area contributed by atoms with Crippen LogP contribution in [0.1, 0.15) is 11.5 Å². The molecule has 1 aliphatic rings. The number of Topliss-reactive ketones (excluding diaryl/α,β-unsaturated/α-hetero) is 1. The van der Waals surface area contributed by atoms with E-state index in [1.165, 1.54) is 11.1 Å². The molecule has 1 fully saturated rings. The van der Waals surface area contributed by atoms with Crippen LogP contribution in [0, 0.1) is 0 Å². The van der Waals surface area contributed by atoms with E-state index in [1.54, 1.807) is 0 Å². The number of hydroxylamine groups is 2. The Morgan fingerprint density at radius 2 is 1.36 bits per heavy atom. The van der Waals surface area contributed by atoms with Gasteiger partial charge in [0.2, 0.25) is 0 Å². The van der Waals surface area contributed by atoms with Crippen LogP contribution in [0.4, 0.5) is 0 Å². The van der Waals surface area contributed by atoms with E-state index in [-0.39, 0.29) is 18.2 Å². The topological polar surface area (TPSA) is 40.5 Å². The molecule has 0 spiro atoms. The minimum absolute atomic E-state index is 0.0656. The molecule has 0 radical (unpaired) electrons. The summed E-state index contributed by atoms with van der Waals surface area (Å²) in [5, 5.41) is 10.8. The van der Waals surface area contributed by atoms with Gasteiger partial charge in [-0.2, -0.15) is 5.06 Å². The Balaban J connectivity index is 1.70. The molecule has 0 bridgehead atoms. The number of ketones is 1. The van der Waals surface area contributed by atoms with Crippen molar-refractivity contribution < 1.29 is 10.0 Å². The Morgan fingerprint density at radius 3 is 2.04 bits per heavy atom. The number of hydrogen-bond acceptors (Lipinski definition) is 3. The minimum atomic E-state index is -0.269. The van der Waals surface area contributed by atoms with Gasteiger partial charge in [0, 0.05) is 6.54 Å². The van der Waals surface area contributed by atoms with Crippen LogP contribution >= 0.6 is 0 Å². The Morgan fingerprint density at radius 1 is 0.760 bits per heavy atom. The van der Waals surface area contributed by atoms with Crippen LogP contribution in [0.3, 0.4) is 0 Å². The fourth-order valence-corrected chi connectivity index (χ4v) is 3.48. The maximum Gasteiger partial charge on any atom is 0.158 e. The molecule has 0 saturated carbocycles. The number of carbonyl (C=O) groups excluding carboxylic acids is 1. The Hall–Kier alpha value is -2.75. The van der Waals surface area contributed by atoms with Gasteiger partial charge in [0.15, 0.2) is 5.78 Å². The lowest BCUT2D eigenvalue weighted by atomic mass is 9.89. The normalized spacial score (nSPS) is 17.8. The molecule has 124 valence electrons. The van der Waals surface area contributed by atoms with Gasteiger partial charge in [-0.3, -0.25) is 4.79 Å². The lowest BCUT2D eigenvalue weighted by Crippen LogP contribution is -2.14. The van der Waals surface area contributed by atoms with Gasteiger partial charge in [-0.25, -0.2) is 0 Å². The van der Waals surface area contributed by atoms with Crippen LogP contribution in [0.15, 0.2) is 78.9 Å². The van der Waals surface area contributed by atoms with Crippen LogP contribution < -0.4 is 0 Å². The fraction of sp³-hybridized carbons (Fsp3) is 0.136. The highest BCUT2D eigenvalue weighted by Crippen LogP contribution is 2.33. The molecule has 1 atom stereocenters. The summed E-state index contributed by atoms with van der Waals surface area (Å²) < 4.78 is 0. The summed E-state index contributed by atoms with van der Waals surface area (Å²) in [5.74, 6) is -0.203. The highest BCUT2D eigenvalue weighted by atomic mass is 16.5. The van der Waals surface area contributed by atoms with E-state index in [9.17, 15) is 10.0 Å². The van der Waals surface area contributed by atoms with Crippen LogP contribution in [0.25, 0.3) is 22.3 Å². The monoisotopic (exact) mass is 329 g/mol. The van der Waals surface area contributed by atoms with Gasteiger partial charge < -0.3 is 5.21 Å². The molecule has 3 nitrogen and oxygen atoms in total. The Labute approximate surface area is 147 Å². The average Bonchev–Trinajstić information content (AvgIpc) is 3.01. The molecule has 1 N–H and O–H groups in total. The molecule has 1 aliphatic heterocycles. The summed E-state index contributed by atoms with van der Waals surface area (Å²) >= 11 is 0. The van der Waals surface area contributed by atoms with Gasteiger partial charge in [-0.1, -0.05) is 78.9 Å². The van der Waals surface area contributed by atoms with Crippen molar-refractivity contribution in [2.24, 2.45) is 0 Å². The van der Waals surface area contributed by atoms with E-state index in [0.717, 1.165) is 21.8 Å². The lowest BCUT2D eigenvalue weighted by Gasteiger charge is -2.15. The lowest BCUT2D eigenvalue weighted by molar-refractivity contribution is -0.122. The summed E-state index contributed by atoms with van der Waals surface area (Å²) in [6.45, 7) is 0.462. The zero-order valence-corrected chi connectivity index (χ0v) is 13.8. The van der Waals surface area contributed by atoms with E-state index in [2.05, 4.69) is 36.4 Å². The van der Waals surface area contributed by atoms with Gasteiger partial charge in [0.1, 0.15) is 0 Å². The molecule has 25 heavy (non-hydrogen) atoms. The first kappa shape index (κ1) is 15.8. The predicted molar refractivity (Wildman–Crippen MR) is 98.4 cm³/mol. The Bertz CT molecular complexity index is 887. The van der Waals surface area contributed by atoms with Crippen LogP contribution in [-0.2, 0) is 4.79 Å². The van der Waals surface area contributed by atoms with Gasteiger partial charge in [-0.15, -0.1) is 0 Å². The zero-order chi connectivity index (χ0) is 17.2. The van der Waals surface area contributed by atoms with E-state index in [4.69, 9.17) is 0 Å². The summed E-state index contributed by atoms with van der Waals surface area (Å²) in [6, 6.07) is 26.6. The Kier molecular flexibility index (Phi) is 4.18. The van der Waals surface area contributed by atoms with Crippen molar-refractivity contribution in [3.63, 3.8) is 0 Å². The average molecular weight is 329 g/mol. The van der Waals surface area contributed by atoms with E-state index >= 15 is 0 Å². The van der Waals surface area contributed by atoms with Gasteiger partial charge in [-0.05, 0) is 27.8 Å². The van der Waals surface area contributed by atoms with E-state index < -0.39 is 0 Å². The van der Waals surface area contributed by atoms with Crippen molar-refractivity contribution in [3.05, 3.63) is 84.4 Å². The van der Waals surface area contributed by atoms with Gasteiger partial charge in [0.05, 0.1) is 12.5 Å². The van der Waals surface area contributed by atoms with Crippen molar-refractivity contribution in [3.8, 4) is 22.3 Å². The first-order valence-electron chi connectivity index (χ1n) is 8.44. The van der Waals surface area contributed by atoms with Crippen molar-refractivity contribution in [1.82, 2.24) is 5.06 Å². The van der Waals surface area contributed by atoms with Crippen molar-refractivity contribution in [2.45, 2.75) is 5.92 Å². The summed E-state index contributed by atoms with van der Waals surface area (Å²) in [7, 11) is 0. The highest BCUT2D eigenvalue weighted by Gasteiger charge is 2.32. The molecule has 1 saturated heterocycles. The predicted octanol–water partition coefficient (Wildman–Crippen LogP) is 4.38. The van der Waals surface area contributed by atoms with Crippen molar-refractivity contribution in [1.29, 1.82) is 0 Å². The fourth-order valence-electron chi connectivity index (χ4n) is 3.48. The van der Waals surface area contributed by atoms with Gasteiger partial charge >= 0.3 is 0 Å². The number of nitrogens with zero attached hydrogens (tertiary/aromatic N) is 1. The largest absolute Gasteiger partial charge is 0.314 e. The molecular weight excluding hydrogens is 310 g/mol. The molecule has 0 aromatic heterocycles. The highest BCUT2D eigenvalue weighted by molar-refractivity contribution is 5.91. The van der Waals surface area contributed by atoms with Crippen molar-refractivity contribution >= 4 is 5.78 Å². The first-order chi connectivity index (χ1) is 12.2. The summed E-state index contributed by atoms with van der Waals surface area (Å²) in [5.41, 5.74) is 5.47. The molecular formula is C22H19NO2. The SMILES string of the molecule is O=C1CN(O)CC1c1ccccc1-c1ccc(-c2ccccc2)cc1. The first-order valence-corrected chi connectivity index (χ1v) is 8.44. The molecule has 0 amide bonds. The molecule has 3 aromatic carbocycles. The number of rotatable bonds is 3. The van der Waals surface area contributed by atoms with Crippen LogP contribution in [0.2, 0.25) is 0 Å². The smallest absolute Gasteiger partial charge is 0.158 e. The molecule has 3 heteroatoms. The summed E-state index contributed by atoms with van der Waals surface area (Å²) in [4.78, 5) is 12.2. The van der Waals surface area contributed by atoms with Gasteiger partial charge in [0.25, 0.3) is 0 Å². The van der Waals surface area contributed by atoms with Crippen molar-refractivity contribution in [2.75, 3.05) is 13.1 Å². The maximum atomic E-state index is 12.2. The standard InChI is InChI=1S/C22H19NO2/c24-22-15-23(25)14-21(22)20-9-5-4-8-19(20)18-12-10-17(11-13-18)16-6-2-1-3-7-16/h1-13,21,25H,14-15H2. The number of carbonyl (C=O) groups is 1. The molecule has 3 aromatic rings. The maximum absolute atomic E-state index is 12.2. The molecule has 1 heterocycles. The molecule has 4 rings (SSSR count). The third-order valence-electron chi connectivity index (χ3n) is 4.76. The third-order valence-corrected chi connectivity index (χ3v) is 4.76. The van der Waals surface area contributed by atoms with Crippen LogP contribution in [0.5, 0.6) is 0 Å². The minimum Gasteiger partial charge on any atom is -0.314 e. The van der Waals surface area contributed by atoms with E-state index in [0.29, 0.717) is 6.54 Å². The number of hydrogen-bond donors (Lipinski definition) is 1. The second-order valence-electron chi connectivity index (χ2n) is 6.40. The number of benzene rings is 3. The van der Waals surface area contributed by atoms with Crippen LogP contribution in [-0.4, -0.2) is 29.1 Å². The quantitative estimate of drug-likeness (QED) is 0.775. The van der Waals surface area contributed by atoms with E-state index in [1.807, 2.05) is 42.5 Å². The third kappa shape index (κ3) is 3.12. The second kappa shape index (κ2) is 6.63. The zero-order valence-electron chi connectivity index (χ0n) is 13.8. The molecule has 1 unspecified atom stereocenters. The summed E-state index contributed by atoms with van der Waals surface area (Å²) in [6.07, 6.45) is 0.